The van der Waals surface area contributed by atoms with Crippen LogP contribution in [-0.2, 0) is 6.42 Å². The van der Waals surface area contributed by atoms with Crippen molar-refractivity contribution >= 4 is 16.6 Å². The zero-order chi connectivity index (χ0) is 20.1. The van der Waals surface area contributed by atoms with E-state index in [1.54, 1.807) is 0 Å². The van der Waals surface area contributed by atoms with Crippen LogP contribution in [0.4, 0.5) is 5.69 Å². The molecule has 146 valence electrons. The van der Waals surface area contributed by atoms with Gasteiger partial charge in [0, 0.05) is 43.3 Å². The van der Waals surface area contributed by atoms with Crippen LogP contribution in [0.15, 0.2) is 48.7 Å². The Morgan fingerprint density at radius 2 is 1.76 bits per heavy atom. The van der Waals surface area contributed by atoms with E-state index in [2.05, 4.69) is 33.1 Å². The summed E-state index contributed by atoms with van der Waals surface area (Å²) in [5.41, 5.74) is 4.95. The number of nitrogens with one attached hydrogen (secondary N) is 1. The van der Waals surface area contributed by atoms with Crippen LogP contribution in [0.1, 0.15) is 29.5 Å². The molecule has 0 amide bonds. The van der Waals surface area contributed by atoms with E-state index in [4.69, 9.17) is 5.26 Å². The number of benzene rings is 2. The number of aromatic amines is 1. The molecule has 2 heterocycles. The van der Waals surface area contributed by atoms with Crippen molar-refractivity contribution in [2.45, 2.75) is 19.3 Å². The van der Waals surface area contributed by atoms with Gasteiger partial charge in [-0.05, 0) is 61.7 Å². The Labute approximate surface area is 171 Å². The molecular formula is C24H25N5. The van der Waals surface area contributed by atoms with Gasteiger partial charge in [-0.15, -0.1) is 0 Å². The first kappa shape index (κ1) is 19.1. The summed E-state index contributed by atoms with van der Waals surface area (Å²) >= 11 is 0. The van der Waals surface area contributed by atoms with Crippen molar-refractivity contribution in [1.82, 2.24) is 9.88 Å². The highest BCUT2D eigenvalue weighted by molar-refractivity contribution is 5.84. The third kappa shape index (κ3) is 4.26. The minimum Gasteiger partial charge on any atom is -0.368 e. The van der Waals surface area contributed by atoms with Crippen molar-refractivity contribution in [3.05, 3.63) is 65.4 Å². The van der Waals surface area contributed by atoms with E-state index in [0.29, 0.717) is 5.56 Å². The molecule has 0 unspecified atom stereocenters. The quantitative estimate of drug-likeness (QED) is 0.652. The van der Waals surface area contributed by atoms with Crippen LogP contribution in [-0.4, -0.2) is 42.6 Å². The number of piperazine rings is 1. The first-order valence-electron chi connectivity index (χ1n) is 10.2. The minimum atomic E-state index is 0.717. The highest BCUT2D eigenvalue weighted by Crippen LogP contribution is 2.23. The molecule has 1 N–H and O–H groups in total. The summed E-state index contributed by atoms with van der Waals surface area (Å²) in [6.07, 6.45) is 5.42. The van der Waals surface area contributed by atoms with E-state index in [9.17, 15) is 5.26 Å². The van der Waals surface area contributed by atoms with Crippen molar-refractivity contribution in [3.63, 3.8) is 0 Å². The molecule has 29 heavy (non-hydrogen) atoms. The van der Waals surface area contributed by atoms with Gasteiger partial charge in [-0.2, -0.15) is 10.5 Å². The van der Waals surface area contributed by atoms with Crippen LogP contribution in [0, 0.1) is 22.7 Å². The number of aryl methyl sites for hydroxylation is 1. The number of aromatic nitrogens is 1. The fourth-order valence-electron chi connectivity index (χ4n) is 4.16. The molecule has 5 nitrogen and oxygen atoms in total. The topological polar surface area (TPSA) is 69.8 Å². The second-order valence-electron chi connectivity index (χ2n) is 7.60. The summed E-state index contributed by atoms with van der Waals surface area (Å²) < 4.78 is 0. The van der Waals surface area contributed by atoms with E-state index < -0.39 is 0 Å². The van der Waals surface area contributed by atoms with E-state index in [1.165, 1.54) is 17.4 Å². The third-order valence-electron chi connectivity index (χ3n) is 5.80. The van der Waals surface area contributed by atoms with Gasteiger partial charge in [-0.1, -0.05) is 12.1 Å². The largest absolute Gasteiger partial charge is 0.368 e. The van der Waals surface area contributed by atoms with Crippen molar-refractivity contribution < 1.29 is 0 Å². The van der Waals surface area contributed by atoms with Crippen LogP contribution < -0.4 is 4.90 Å². The number of para-hydroxylation sites is 1. The Morgan fingerprint density at radius 1 is 0.931 bits per heavy atom. The van der Waals surface area contributed by atoms with Crippen LogP contribution >= 0.6 is 0 Å². The van der Waals surface area contributed by atoms with Crippen LogP contribution in [0.5, 0.6) is 0 Å². The fourth-order valence-corrected chi connectivity index (χ4v) is 4.16. The van der Waals surface area contributed by atoms with E-state index in [1.807, 2.05) is 42.5 Å². The maximum Gasteiger partial charge on any atom is 0.101 e. The highest BCUT2D eigenvalue weighted by atomic mass is 15.3. The Balaban J connectivity index is 1.25. The summed E-state index contributed by atoms with van der Waals surface area (Å²) in [5.74, 6) is 0. The normalized spacial score (nSPS) is 14.6. The molecule has 0 radical (unpaired) electrons. The monoisotopic (exact) mass is 383 g/mol. The van der Waals surface area contributed by atoms with Gasteiger partial charge >= 0.3 is 0 Å². The molecule has 1 fully saturated rings. The molecule has 0 atom stereocenters. The number of H-pyrrole nitrogens is 1. The molecule has 0 bridgehead atoms. The van der Waals surface area contributed by atoms with Crippen LogP contribution in [0.2, 0.25) is 0 Å². The van der Waals surface area contributed by atoms with Gasteiger partial charge in [-0.25, -0.2) is 0 Å². The average molecular weight is 383 g/mol. The molecule has 4 rings (SSSR count). The molecule has 1 saturated heterocycles. The van der Waals surface area contributed by atoms with Crippen LogP contribution in [0.25, 0.3) is 10.9 Å². The summed E-state index contributed by atoms with van der Waals surface area (Å²) in [6.45, 7) is 5.13. The van der Waals surface area contributed by atoms with Crippen molar-refractivity contribution in [2.24, 2.45) is 0 Å². The first-order chi connectivity index (χ1) is 14.3. The summed E-state index contributed by atoms with van der Waals surface area (Å²) in [5, 5.41) is 19.6. The lowest BCUT2D eigenvalue weighted by atomic mass is 10.0. The molecule has 0 saturated carbocycles. The number of unbranched alkanes of at least 4 members (excludes halogenated alkanes) is 1. The van der Waals surface area contributed by atoms with Crippen molar-refractivity contribution in [1.29, 1.82) is 10.5 Å². The Morgan fingerprint density at radius 3 is 2.55 bits per heavy atom. The second kappa shape index (κ2) is 8.82. The van der Waals surface area contributed by atoms with Crippen molar-refractivity contribution in [2.75, 3.05) is 37.6 Å². The van der Waals surface area contributed by atoms with E-state index in [-0.39, 0.29) is 0 Å². The zero-order valence-electron chi connectivity index (χ0n) is 16.6. The summed E-state index contributed by atoms with van der Waals surface area (Å²) in [7, 11) is 0. The second-order valence-corrected chi connectivity index (χ2v) is 7.60. The number of fused-ring (bicyclic) bond motifs is 1. The lowest BCUT2D eigenvalue weighted by Crippen LogP contribution is -2.46. The number of hydrogen-bond donors (Lipinski definition) is 1. The smallest absolute Gasteiger partial charge is 0.101 e. The predicted molar refractivity (Wildman–Crippen MR) is 116 cm³/mol. The van der Waals surface area contributed by atoms with Gasteiger partial charge in [0.2, 0.25) is 0 Å². The van der Waals surface area contributed by atoms with Gasteiger partial charge in [-0.3, -0.25) is 4.90 Å². The molecule has 1 aliphatic rings. The summed E-state index contributed by atoms with van der Waals surface area (Å²) in [6, 6.07) is 18.2. The van der Waals surface area contributed by atoms with Crippen molar-refractivity contribution in [3.8, 4) is 12.1 Å². The standard InChI is InChI=1S/C24H25N5/c25-16-19-8-9-23-22(15-19)21(18-27-23)6-3-4-10-28-11-13-29(14-12-28)24-7-2-1-5-20(24)17-26/h1-2,5,7-9,15,18,27H,3-4,6,10-14H2. The van der Waals surface area contributed by atoms with Gasteiger partial charge < -0.3 is 9.88 Å². The molecule has 2 aromatic carbocycles. The molecule has 3 aromatic rings. The van der Waals surface area contributed by atoms with Gasteiger partial charge in [0.1, 0.15) is 6.07 Å². The maximum absolute atomic E-state index is 9.31. The van der Waals surface area contributed by atoms with E-state index in [0.717, 1.165) is 62.3 Å². The number of rotatable bonds is 6. The number of anilines is 1. The highest BCUT2D eigenvalue weighted by Gasteiger charge is 2.18. The lowest BCUT2D eigenvalue weighted by Gasteiger charge is -2.36. The molecule has 0 spiro atoms. The average Bonchev–Trinajstić information content (AvgIpc) is 3.19. The molecule has 1 aliphatic heterocycles. The fraction of sp³-hybridized carbons (Fsp3) is 0.333. The van der Waals surface area contributed by atoms with Crippen LogP contribution in [0.3, 0.4) is 0 Å². The predicted octanol–water partition coefficient (Wildman–Crippen LogP) is 4.06. The molecule has 1 aromatic heterocycles. The Bertz CT molecular complexity index is 1060. The maximum atomic E-state index is 9.31. The molecule has 0 aliphatic carbocycles. The molecule has 5 heteroatoms. The lowest BCUT2D eigenvalue weighted by molar-refractivity contribution is 0.253. The third-order valence-corrected chi connectivity index (χ3v) is 5.80. The SMILES string of the molecule is N#Cc1ccc2[nH]cc(CCCCN3CCN(c4ccccc4C#N)CC3)c2c1. The number of nitriles is 2. The van der Waals surface area contributed by atoms with Gasteiger partial charge in [0.15, 0.2) is 0 Å². The Hall–Kier alpha value is -3.28. The van der Waals surface area contributed by atoms with Gasteiger partial charge in [0.05, 0.1) is 22.9 Å². The Kier molecular flexibility index (Phi) is 5.79. The zero-order valence-corrected chi connectivity index (χ0v) is 16.6. The first-order valence-corrected chi connectivity index (χ1v) is 10.2. The summed E-state index contributed by atoms with van der Waals surface area (Å²) in [4.78, 5) is 8.16. The molecular weight excluding hydrogens is 358 g/mol. The number of hydrogen-bond acceptors (Lipinski definition) is 4. The van der Waals surface area contributed by atoms with E-state index >= 15 is 0 Å². The van der Waals surface area contributed by atoms with Gasteiger partial charge in [0.25, 0.3) is 0 Å². The minimum absolute atomic E-state index is 0.717. The number of nitrogens with zero attached hydrogens (tertiary/aromatic N) is 4.